The van der Waals surface area contributed by atoms with Gasteiger partial charge < -0.3 is 11.1 Å². The largest absolute Gasteiger partial charge is 0.382 e. The highest BCUT2D eigenvalue weighted by atomic mass is 35.5. The second-order valence-corrected chi connectivity index (χ2v) is 6.18. The van der Waals surface area contributed by atoms with Crippen molar-refractivity contribution in [3.05, 3.63) is 23.1 Å². The van der Waals surface area contributed by atoms with Crippen molar-refractivity contribution in [3.8, 4) is 11.3 Å². The van der Waals surface area contributed by atoms with E-state index in [1.165, 1.54) is 0 Å². The number of aryl methyl sites for hydroxylation is 1. The highest BCUT2D eigenvalue weighted by Gasteiger charge is 2.24. The van der Waals surface area contributed by atoms with Gasteiger partial charge in [0.2, 0.25) is 0 Å². The molecule has 116 valence electrons. The van der Waals surface area contributed by atoms with Gasteiger partial charge in [0.15, 0.2) is 5.65 Å². The number of nitrogens with one attached hydrogen (secondary N) is 2. The number of hydrogen-bond acceptors (Lipinski definition) is 4. The Bertz CT molecular complexity index is 810. The maximum absolute atomic E-state index is 6.45. The molecule has 0 aliphatic carbocycles. The van der Waals surface area contributed by atoms with E-state index >= 15 is 0 Å². The molecule has 0 radical (unpaired) electrons. The molecule has 7 nitrogen and oxygen atoms in total. The number of fused-ring (bicyclic) bond motifs is 1. The van der Waals surface area contributed by atoms with Crippen LogP contribution in [-0.4, -0.2) is 37.5 Å². The van der Waals surface area contributed by atoms with E-state index in [1.807, 2.05) is 17.9 Å². The molecule has 0 aromatic carbocycles. The van der Waals surface area contributed by atoms with Gasteiger partial charge in [0.25, 0.3) is 0 Å². The molecular formula is C14H18ClN7. The van der Waals surface area contributed by atoms with Crippen molar-refractivity contribution in [1.82, 2.24) is 29.7 Å². The molecule has 1 fully saturated rings. The Labute approximate surface area is 132 Å². The van der Waals surface area contributed by atoms with Crippen LogP contribution in [0.3, 0.4) is 0 Å². The van der Waals surface area contributed by atoms with Crippen LogP contribution in [0.15, 0.2) is 12.4 Å². The first-order valence-electron chi connectivity index (χ1n) is 7.40. The van der Waals surface area contributed by atoms with Crippen molar-refractivity contribution in [2.75, 3.05) is 18.8 Å². The lowest BCUT2D eigenvalue weighted by Crippen LogP contribution is -2.29. The first kappa shape index (κ1) is 13.7. The van der Waals surface area contributed by atoms with Crippen molar-refractivity contribution in [2.45, 2.75) is 18.8 Å². The highest BCUT2D eigenvalue weighted by molar-refractivity contribution is 6.33. The van der Waals surface area contributed by atoms with Crippen LogP contribution in [0.1, 0.15) is 24.5 Å². The van der Waals surface area contributed by atoms with E-state index in [1.54, 1.807) is 10.7 Å². The summed E-state index contributed by atoms with van der Waals surface area (Å²) in [5.41, 5.74) is 9.72. The van der Waals surface area contributed by atoms with Crippen LogP contribution in [0.4, 0.5) is 5.82 Å². The number of aromatic amines is 1. The van der Waals surface area contributed by atoms with Gasteiger partial charge in [-0.1, -0.05) is 11.6 Å². The fourth-order valence-corrected chi connectivity index (χ4v) is 3.34. The topological polar surface area (TPSA) is 89.0 Å². The monoisotopic (exact) mass is 319 g/mol. The minimum absolute atomic E-state index is 0.294. The number of anilines is 1. The van der Waals surface area contributed by atoms with E-state index in [0.717, 1.165) is 48.5 Å². The molecule has 4 heterocycles. The van der Waals surface area contributed by atoms with E-state index in [-0.39, 0.29) is 0 Å². The third kappa shape index (κ3) is 2.00. The molecule has 8 heteroatoms. The maximum atomic E-state index is 6.45. The van der Waals surface area contributed by atoms with Crippen molar-refractivity contribution in [2.24, 2.45) is 7.05 Å². The molecule has 1 atom stereocenters. The van der Waals surface area contributed by atoms with E-state index in [2.05, 4.69) is 15.5 Å². The average molecular weight is 320 g/mol. The highest BCUT2D eigenvalue weighted by Crippen LogP contribution is 2.34. The molecule has 1 saturated heterocycles. The van der Waals surface area contributed by atoms with Gasteiger partial charge in [-0.25, -0.2) is 4.98 Å². The van der Waals surface area contributed by atoms with E-state index < -0.39 is 0 Å². The van der Waals surface area contributed by atoms with E-state index in [4.69, 9.17) is 22.3 Å². The molecule has 22 heavy (non-hydrogen) atoms. The molecule has 1 aliphatic rings. The van der Waals surface area contributed by atoms with Crippen LogP contribution in [0.25, 0.3) is 16.9 Å². The minimum atomic E-state index is 0.294. The van der Waals surface area contributed by atoms with Gasteiger partial charge >= 0.3 is 0 Å². The lowest BCUT2D eigenvalue weighted by Gasteiger charge is -2.23. The quantitative estimate of drug-likeness (QED) is 0.671. The van der Waals surface area contributed by atoms with Crippen LogP contribution in [0.5, 0.6) is 0 Å². The Hall–Kier alpha value is -1.99. The maximum Gasteiger partial charge on any atom is 0.167 e. The average Bonchev–Trinajstić information content (AvgIpc) is 2.92. The lowest BCUT2D eigenvalue weighted by molar-refractivity contribution is 0.455. The summed E-state index contributed by atoms with van der Waals surface area (Å²) in [5.74, 6) is 0.745. The summed E-state index contributed by atoms with van der Waals surface area (Å²) in [6, 6.07) is 0. The molecule has 3 aromatic heterocycles. The Morgan fingerprint density at radius 3 is 2.95 bits per heavy atom. The van der Waals surface area contributed by atoms with Crippen molar-refractivity contribution < 1.29 is 0 Å². The number of hydrogen-bond donors (Lipinski definition) is 3. The Morgan fingerprint density at radius 2 is 2.27 bits per heavy atom. The standard InChI is InChI=1S/C14H18ClN7/c1-21-7-10(20-21)9-6-18-22-13(16)11(15)12(19-14(9)22)8-3-2-4-17-5-8/h6-8,17,20H,2-5,16H2,1H3. The SMILES string of the molecule is Cn1cc(-c2cnn3c(N)c(Cl)c(C4CCCNC4)nc23)[nH]1. The number of nitrogens with zero attached hydrogens (tertiary/aromatic N) is 4. The lowest BCUT2D eigenvalue weighted by atomic mass is 9.95. The van der Waals surface area contributed by atoms with Gasteiger partial charge in [-0.2, -0.15) is 9.61 Å². The fourth-order valence-electron chi connectivity index (χ4n) is 3.07. The Morgan fingerprint density at radius 1 is 1.45 bits per heavy atom. The third-order valence-electron chi connectivity index (χ3n) is 4.24. The summed E-state index contributed by atoms with van der Waals surface area (Å²) in [4.78, 5) is 4.80. The molecule has 4 rings (SSSR count). The number of nitrogen functional groups attached to an aromatic ring is 1. The summed E-state index contributed by atoms with van der Waals surface area (Å²) < 4.78 is 3.49. The number of piperidine rings is 1. The van der Waals surface area contributed by atoms with Gasteiger partial charge in [0, 0.05) is 25.7 Å². The van der Waals surface area contributed by atoms with Crippen LogP contribution in [0, 0.1) is 0 Å². The first-order valence-corrected chi connectivity index (χ1v) is 7.78. The number of nitrogens with two attached hydrogens (primary N) is 1. The second-order valence-electron chi connectivity index (χ2n) is 5.80. The van der Waals surface area contributed by atoms with Gasteiger partial charge in [-0.3, -0.25) is 9.78 Å². The van der Waals surface area contributed by atoms with Crippen LogP contribution >= 0.6 is 11.6 Å². The fraction of sp³-hybridized carbons (Fsp3) is 0.429. The summed E-state index contributed by atoms with van der Waals surface area (Å²) in [5, 5.41) is 11.4. The van der Waals surface area contributed by atoms with Gasteiger partial charge in [0.05, 0.1) is 23.1 Å². The zero-order valence-corrected chi connectivity index (χ0v) is 13.1. The van der Waals surface area contributed by atoms with Crippen molar-refractivity contribution >= 4 is 23.1 Å². The summed E-state index contributed by atoms with van der Waals surface area (Å²) in [6.45, 7) is 1.93. The second kappa shape index (κ2) is 5.03. The summed E-state index contributed by atoms with van der Waals surface area (Å²) >= 11 is 6.45. The predicted molar refractivity (Wildman–Crippen MR) is 86.0 cm³/mol. The first-order chi connectivity index (χ1) is 10.6. The number of halogens is 1. The molecule has 4 N–H and O–H groups in total. The number of rotatable bonds is 2. The zero-order chi connectivity index (χ0) is 15.3. The normalized spacial score (nSPS) is 19.1. The predicted octanol–water partition coefficient (Wildman–Crippen LogP) is 1.77. The van der Waals surface area contributed by atoms with Gasteiger partial charge in [0.1, 0.15) is 10.8 Å². The van der Waals surface area contributed by atoms with Crippen molar-refractivity contribution in [1.29, 1.82) is 0 Å². The third-order valence-corrected chi connectivity index (χ3v) is 4.63. The molecule has 1 unspecified atom stereocenters. The molecule has 0 amide bonds. The summed E-state index contributed by atoms with van der Waals surface area (Å²) in [7, 11) is 1.94. The van der Waals surface area contributed by atoms with Gasteiger partial charge in [-0.05, 0) is 19.4 Å². The molecule has 0 saturated carbocycles. The minimum Gasteiger partial charge on any atom is -0.382 e. The number of H-pyrrole nitrogens is 1. The van der Waals surface area contributed by atoms with Gasteiger partial charge in [-0.15, -0.1) is 0 Å². The molecular weight excluding hydrogens is 302 g/mol. The number of aromatic nitrogens is 5. The Balaban J connectivity index is 1.87. The van der Waals surface area contributed by atoms with Crippen molar-refractivity contribution in [3.63, 3.8) is 0 Å². The Kier molecular flexibility index (Phi) is 3.12. The smallest absolute Gasteiger partial charge is 0.167 e. The molecule has 1 aliphatic heterocycles. The summed E-state index contributed by atoms with van der Waals surface area (Å²) in [6.07, 6.45) is 5.95. The molecule has 3 aromatic rings. The molecule has 0 spiro atoms. The van der Waals surface area contributed by atoms with Crippen LogP contribution in [0.2, 0.25) is 5.02 Å². The van der Waals surface area contributed by atoms with E-state index in [9.17, 15) is 0 Å². The van der Waals surface area contributed by atoms with E-state index in [0.29, 0.717) is 16.8 Å². The zero-order valence-electron chi connectivity index (χ0n) is 12.3. The van der Waals surface area contributed by atoms with Crippen LogP contribution < -0.4 is 11.1 Å². The van der Waals surface area contributed by atoms with Crippen LogP contribution in [-0.2, 0) is 7.05 Å². The molecule has 0 bridgehead atoms.